The van der Waals surface area contributed by atoms with E-state index in [9.17, 15) is 9.59 Å². The molecule has 136 valence electrons. The number of benzene rings is 2. The fourth-order valence-corrected chi connectivity index (χ4v) is 2.70. The molecule has 1 aliphatic rings. The number of rotatable bonds is 5. The summed E-state index contributed by atoms with van der Waals surface area (Å²) in [6.45, 7) is 4.21. The monoisotopic (exact) mass is 354 g/mol. The summed E-state index contributed by atoms with van der Waals surface area (Å²) < 4.78 is 10.8. The summed E-state index contributed by atoms with van der Waals surface area (Å²) in [7, 11) is 0. The number of amides is 2. The lowest BCUT2D eigenvalue weighted by Gasteiger charge is -2.26. The summed E-state index contributed by atoms with van der Waals surface area (Å²) >= 11 is 0. The van der Waals surface area contributed by atoms with Crippen molar-refractivity contribution in [1.82, 2.24) is 4.90 Å². The zero-order valence-electron chi connectivity index (χ0n) is 14.7. The van der Waals surface area contributed by atoms with Gasteiger partial charge in [0.25, 0.3) is 11.8 Å². The topological polar surface area (TPSA) is 67.9 Å². The molecule has 3 rings (SSSR count). The van der Waals surface area contributed by atoms with Gasteiger partial charge in [-0.05, 0) is 42.8 Å². The molecule has 0 radical (unpaired) electrons. The van der Waals surface area contributed by atoms with E-state index in [1.807, 2.05) is 31.2 Å². The zero-order chi connectivity index (χ0) is 18.4. The number of carbonyl (C=O) groups excluding carboxylic acids is 2. The molecule has 0 atom stereocenters. The number of carbonyl (C=O) groups is 2. The SMILES string of the molecule is Cc1ccccc1OCC(=O)Nc1ccc(C(=O)N2CCOCC2)cc1. The highest BCUT2D eigenvalue weighted by molar-refractivity contribution is 5.96. The Bertz CT molecular complexity index is 768. The lowest BCUT2D eigenvalue weighted by Crippen LogP contribution is -2.40. The number of hydrogen-bond donors (Lipinski definition) is 1. The normalized spacial score (nSPS) is 14.0. The summed E-state index contributed by atoms with van der Waals surface area (Å²) in [6, 6.07) is 14.4. The van der Waals surface area contributed by atoms with Crippen LogP contribution in [0.25, 0.3) is 0 Å². The Morgan fingerprint density at radius 3 is 2.46 bits per heavy atom. The molecule has 0 aliphatic carbocycles. The van der Waals surface area contributed by atoms with Crippen molar-refractivity contribution >= 4 is 17.5 Å². The number of aryl methyl sites for hydroxylation is 1. The maximum absolute atomic E-state index is 12.4. The van der Waals surface area contributed by atoms with Crippen molar-refractivity contribution in [2.75, 3.05) is 38.2 Å². The molecule has 0 saturated carbocycles. The molecule has 0 spiro atoms. The predicted octanol–water partition coefficient (Wildman–Crippen LogP) is 2.48. The lowest BCUT2D eigenvalue weighted by atomic mass is 10.1. The van der Waals surface area contributed by atoms with Crippen molar-refractivity contribution in [3.05, 3.63) is 59.7 Å². The molecule has 0 unspecified atom stereocenters. The maximum atomic E-state index is 12.4. The van der Waals surface area contributed by atoms with Gasteiger partial charge in [-0.3, -0.25) is 9.59 Å². The molecule has 1 N–H and O–H groups in total. The van der Waals surface area contributed by atoms with Crippen molar-refractivity contribution in [3.8, 4) is 5.75 Å². The third-order valence-corrected chi connectivity index (χ3v) is 4.17. The Kier molecular flexibility index (Phi) is 5.86. The fourth-order valence-electron chi connectivity index (χ4n) is 2.70. The van der Waals surface area contributed by atoms with Gasteiger partial charge in [0, 0.05) is 24.3 Å². The van der Waals surface area contributed by atoms with Crippen LogP contribution in [0.5, 0.6) is 5.75 Å². The van der Waals surface area contributed by atoms with E-state index in [4.69, 9.17) is 9.47 Å². The van der Waals surface area contributed by atoms with Crippen LogP contribution in [0.3, 0.4) is 0 Å². The number of nitrogens with one attached hydrogen (secondary N) is 1. The van der Waals surface area contributed by atoms with Gasteiger partial charge in [-0.2, -0.15) is 0 Å². The molecule has 1 aliphatic heterocycles. The first-order valence-electron chi connectivity index (χ1n) is 8.59. The van der Waals surface area contributed by atoms with Crippen LogP contribution in [-0.2, 0) is 9.53 Å². The first kappa shape index (κ1) is 17.9. The van der Waals surface area contributed by atoms with Crippen molar-refractivity contribution in [2.24, 2.45) is 0 Å². The van der Waals surface area contributed by atoms with Crippen molar-refractivity contribution in [1.29, 1.82) is 0 Å². The zero-order valence-corrected chi connectivity index (χ0v) is 14.7. The number of hydrogen-bond acceptors (Lipinski definition) is 4. The van der Waals surface area contributed by atoms with E-state index in [0.717, 1.165) is 5.56 Å². The Hall–Kier alpha value is -2.86. The van der Waals surface area contributed by atoms with Gasteiger partial charge >= 0.3 is 0 Å². The van der Waals surface area contributed by atoms with Gasteiger partial charge in [-0.15, -0.1) is 0 Å². The van der Waals surface area contributed by atoms with E-state index in [2.05, 4.69) is 5.32 Å². The van der Waals surface area contributed by atoms with Gasteiger partial charge in [0.1, 0.15) is 5.75 Å². The van der Waals surface area contributed by atoms with Crippen molar-refractivity contribution in [2.45, 2.75) is 6.92 Å². The Labute approximate surface area is 152 Å². The number of ether oxygens (including phenoxy) is 2. The van der Waals surface area contributed by atoms with Crippen LogP contribution in [0.2, 0.25) is 0 Å². The molecule has 2 aromatic carbocycles. The summed E-state index contributed by atoms with van der Waals surface area (Å²) in [6.07, 6.45) is 0. The highest BCUT2D eigenvalue weighted by Gasteiger charge is 2.18. The number of para-hydroxylation sites is 1. The molecule has 2 aromatic rings. The predicted molar refractivity (Wildman–Crippen MR) is 98.5 cm³/mol. The van der Waals surface area contributed by atoms with E-state index in [1.165, 1.54) is 0 Å². The molecule has 1 fully saturated rings. The first-order valence-corrected chi connectivity index (χ1v) is 8.59. The van der Waals surface area contributed by atoms with Gasteiger partial charge in [0.15, 0.2) is 6.61 Å². The van der Waals surface area contributed by atoms with Gasteiger partial charge in [0.05, 0.1) is 13.2 Å². The van der Waals surface area contributed by atoms with Crippen LogP contribution in [-0.4, -0.2) is 49.6 Å². The maximum Gasteiger partial charge on any atom is 0.262 e. The highest BCUT2D eigenvalue weighted by atomic mass is 16.5. The largest absolute Gasteiger partial charge is 0.483 e. The van der Waals surface area contributed by atoms with Crippen LogP contribution in [0, 0.1) is 6.92 Å². The van der Waals surface area contributed by atoms with Crippen LogP contribution in [0.15, 0.2) is 48.5 Å². The Balaban J connectivity index is 1.52. The van der Waals surface area contributed by atoms with Crippen LogP contribution in [0.1, 0.15) is 15.9 Å². The average molecular weight is 354 g/mol. The summed E-state index contributed by atoms with van der Waals surface area (Å²) in [5.41, 5.74) is 2.20. The van der Waals surface area contributed by atoms with Gasteiger partial charge in [-0.1, -0.05) is 18.2 Å². The van der Waals surface area contributed by atoms with Crippen molar-refractivity contribution in [3.63, 3.8) is 0 Å². The third kappa shape index (κ3) is 4.61. The first-order chi connectivity index (χ1) is 12.6. The molecule has 0 aromatic heterocycles. The average Bonchev–Trinajstić information content (AvgIpc) is 2.68. The molecule has 6 heteroatoms. The Morgan fingerprint density at radius 1 is 1.08 bits per heavy atom. The molecule has 2 amide bonds. The van der Waals surface area contributed by atoms with Gasteiger partial charge in [-0.25, -0.2) is 0 Å². The second-order valence-electron chi connectivity index (χ2n) is 6.08. The minimum absolute atomic E-state index is 0.0194. The summed E-state index contributed by atoms with van der Waals surface area (Å²) in [4.78, 5) is 26.2. The van der Waals surface area contributed by atoms with Gasteiger partial charge < -0.3 is 19.7 Å². The molecule has 0 bridgehead atoms. The number of morpholine rings is 1. The smallest absolute Gasteiger partial charge is 0.262 e. The molecular formula is C20H22N2O4. The lowest BCUT2D eigenvalue weighted by molar-refractivity contribution is -0.118. The number of nitrogens with zero attached hydrogens (tertiary/aromatic N) is 1. The molecule has 1 saturated heterocycles. The van der Waals surface area contributed by atoms with E-state index < -0.39 is 0 Å². The molecular weight excluding hydrogens is 332 g/mol. The summed E-state index contributed by atoms with van der Waals surface area (Å²) in [5.74, 6) is 0.420. The summed E-state index contributed by atoms with van der Waals surface area (Å²) in [5, 5.41) is 2.77. The number of anilines is 1. The van der Waals surface area contributed by atoms with E-state index in [1.54, 1.807) is 29.2 Å². The minimum Gasteiger partial charge on any atom is -0.483 e. The van der Waals surface area contributed by atoms with E-state index in [-0.39, 0.29) is 18.4 Å². The minimum atomic E-state index is -0.250. The van der Waals surface area contributed by atoms with E-state index in [0.29, 0.717) is 43.3 Å². The molecule has 1 heterocycles. The van der Waals surface area contributed by atoms with E-state index >= 15 is 0 Å². The highest BCUT2D eigenvalue weighted by Crippen LogP contribution is 2.16. The molecule has 6 nitrogen and oxygen atoms in total. The Morgan fingerprint density at radius 2 is 1.77 bits per heavy atom. The fraction of sp³-hybridized carbons (Fsp3) is 0.300. The van der Waals surface area contributed by atoms with Crippen LogP contribution in [0.4, 0.5) is 5.69 Å². The van der Waals surface area contributed by atoms with Gasteiger partial charge in [0.2, 0.25) is 0 Å². The molecule has 26 heavy (non-hydrogen) atoms. The second kappa shape index (κ2) is 8.49. The standard InChI is InChI=1S/C20H22N2O4/c1-15-4-2-3-5-18(15)26-14-19(23)21-17-8-6-16(7-9-17)20(24)22-10-12-25-13-11-22/h2-9H,10-14H2,1H3,(H,21,23). The van der Waals surface area contributed by atoms with Crippen LogP contribution >= 0.6 is 0 Å². The third-order valence-electron chi connectivity index (χ3n) is 4.17. The van der Waals surface area contributed by atoms with Crippen LogP contribution < -0.4 is 10.1 Å². The quantitative estimate of drug-likeness (QED) is 0.896. The second-order valence-corrected chi connectivity index (χ2v) is 6.08. The van der Waals surface area contributed by atoms with Crippen molar-refractivity contribution < 1.29 is 19.1 Å².